The molecule has 0 spiro atoms. The molecule has 4 nitrogen and oxygen atoms in total. The van der Waals surface area contributed by atoms with Crippen LogP contribution in [0, 0.1) is 5.92 Å². The normalized spacial score (nSPS) is 21.4. The highest BCUT2D eigenvalue weighted by Crippen LogP contribution is 2.28. The van der Waals surface area contributed by atoms with Gasteiger partial charge in [-0.2, -0.15) is 0 Å². The van der Waals surface area contributed by atoms with Gasteiger partial charge in [-0.3, -0.25) is 9.69 Å². The average molecular weight is 243 g/mol. The first-order valence-corrected chi connectivity index (χ1v) is 6.64. The Balaban J connectivity index is 2.47. The van der Waals surface area contributed by atoms with Gasteiger partial charge in [0.2, 0.25) is 0 Å². The quantitative estimate of drug-likeness (QED) is 0.746. The topological polar surface area (TPSA) is 60.8 Å². The largest absolute Gasteiger partial charge is 0.481 e. The van der Waals surface area contributed by atoms with Gasteiger partial charge in [-0.05, 0) is 19.4 Å². The Morgan fingerprint density at radius 2 is 1.94 bits per heavy atom. The molecule has 0 aromatic heterocycles. The van der Waals surface area contributed by atoms with E-state index in [0.29, 0.717) is 13.1 Å². The van der Waals surface area contributed by atoms with Crippen molar-refractivity contribution in [2.75, 3.05) is 19.6 Å². The lowest BCUT2D eigenvalue weighted by atomic mass is 9.84. The first kappa shape index (κ1) is 14.5. The predicted molar refractivity (Wildman–Crippen MR) is 66.9 cm³/mol. The van der Waals surface area contributed by atoms with Crippen molar-refractivity contribution in [3.05, 3.63) is 0 Å². The van der Waals surface area contributed by atoms with Crippen LogP contribution in [-0.2, 0) is 4.79 Å². The highest BCUT2D eigenvalue weighted by Gasteiger charge is 2.31. The summed E-state index contributed by atoms with van der Waals surface area (Å²) in [5.41, 5.74) is -0.591. The Bertz CT molecular complexity index is 249. The van der Waals surface area contributed by atoms with Crippen molar-refractivity contribution in [2.24, 2.45) is 5.92 Å². The van der Waals surface area contributed by atoms with Crippen molar-refractivity contribution in [3.63, 3.8) is 0 Å². The number of aliphatic carboxylic acids is 1. The van der Waals surface area contributed by atoms with Crippen LogP contribution in [0.2, 0.25) is 0 Å². The van der Waals surface area contributed by atoms with Crippen LogP contribution in [0.1, 0.15) is 46.0 Å². The molecule has 1 fully saturated rings. The van der Waals surface area contributed by atoms with E-state index in [2.05, 4.69) is 4.90 Å². The Kier molecular flexibility index (Phi) is 5.40. The molecule has 100 valence electrons. The maximum Gasteiger partial charge on any atom is 0.307 e. The van der Waals surface area contributed by atoms with Crippen LogP contribution < -0.4 is 0 Å². The Labute approximate surface area is 104 Å². The van der Waals surface area contributed by atoms with Crippen molar-refractivity contribution in [1.82, 2.24) is 4.90 Å². The molecule has 0 aromatic carbocycles. The molecule has 1 rings (SSSR count). The number of hydrogen-bond donors (Lipinski definition) is 2. The minimum atomic E-state index is -0.765. The molecule has 0 aliphatic heterocycles. The SMILES string of the molecule is CCN(CC(C)C(=O)O)CC1(O)CCCCC1. The second-order valence-corrected chi connectivity index (χ2v) is 5.35. The van der Waals surface area contributed by atoms with Gasteiger partial charge in [-0.1, -0.05) is 33.1 Å². The number of aliphatic hydroxyl groups is 1. The molecule has 1 atom stereocenters. The lowest BCUT2D eigenvalue weighted by molar-refractivity contribution is -0.142. The minimum Gasteiger partial charge on any atom is -0.481 e. The van der Waals surface area contributed by atoms with Crippen LogP contribution in [0.5, 0.6) is 0 Å². The molecule has 0 saturated heterocycles. The van der Waals surface area contributed by atoms with Crippen molar-refractivity contribution in [3.8, 4) is 0 Å². The zero-order valence-corrected chi connectivity index (χ0v) is 11.0. The highest BCUT2D eigenvalue weighted by atomic mass is 16.4. The van der Waals surface area contributed by atoms with Gasteiger partial charge >= 0.3 is 5.97 Å². The summed E-state index contributed by atoms with van der Waals surface area (Å²) >= 11 is 0. The third kappa shape index (κ3) is 4.64. The summed E-state index contributed by atoms with van der Waals surface area (Å²) in [7, 11) is 0. The number of nitrogens with zero attached hydrogens (tertiary/aromatic N) is 1. The van der Waals surface area contributed by atoms with Crippen molar-refractivity contribution < 1.29 is 15.0 Å². The highest BCUT2D eigenvalue weighted by molar-refractivity contribution is 5.69. The smallest absolute Gasteiger partial charge is 0.307 e. The van der Waals surface area contributed by atoms with Crippen LogP contribution in [0.25, 0.3) is 0 Å². The van der Waals surface area contributed by atoms with E-state index in [1.807, 2.05) is 6.92 Å². The summed E-state index contributed by atoms with van der Waals surface area (Å²) in [6.07, 6.45) is 5.08. The third-order valence-electron chi connectivity index (χ3n) is 3.70. The zero-order valence-electron chi connectivity index (χ0n) is 11.0. The van der Waals surface area contributed by atoms with Crippen LogP contribution in [0.4, 0.5) is 0 Å². The van der Waals surface area contributed by atoms with E-state index >= 15 is 0 Å². The number of hydrogen-bond acceptors (Lipinski definition) is 3. The van der Waals surface area contributed by atoms with Crippen molar-refractivity contribution in [2.45, 2.75) is 51.6 Å². The van der Waals surface area contributed by atoms with E-state index in [4.69, 9.17) is 5.11 Å². The number of rotatable bonds is 6. The Hall–Kier alpha value is -0.610. The molecule has 1 unspecified atom stereocenters. The van der Waals surface area contributed by atoms with E-state index in [1.165, 1.54) is 6.42 Å². The average Bonchev–Trinajstić information content (AvgIpc) is 2.28. The molecule has 0 bridgehead atoms. The minimum absolute atomic E-state index is 0.373. The number of likely N-dealkylation sites (N-methyl/N-ethyl adjacent to an activating group) is 1. The summed E-state index contributed by atoms with van der Waals surface area (Å²) in [4.78, 5) is 12.9. The molecule has 4 heteroatoms. The lowest BCUT2D eigenvalue weighted by Gasteiger charge is -2.37. The summed E-state index contributed by atoms with van der Waals surface area (Å²) in [6, 6.07) is 0. The van der Waals surface area contributed by atoms with Crippen LogP contribution in [0.3, 0.4) is 0 Å². The summed E-state index contributed by atoms with van der Waals surface area (Å²) in [5.74, 6) is -1.14. The van der Waals surface area contributed by atoms with Gasteiger partial charge in [0.05, 0.1) is 11.5 Å². The van der Waals surface area contributed by atoms with E-state index in [-0.39, 0.29) is 5.92 Å². The molecular formula is C13H25NO3. The molecule has 1 aliphatic rings. The summed E-state index contributed by atoms with van der Waals surface area (Å²) in [6.45, 7) is 5.66. The molecule has 0 heterocycles. The van der Waals surface area contributed by atoms with Gasteiger partial charge in [-0.25, -0.2) is 0 Å². The number of carboxylic acid groups (broad SMARTS) is 1. The number of carbonyl (C=O) groups is 1. The summed E-state index contributed by atoms with van der Waals surface area (Å²) in [5, 5.41) is 19.3. The van der Waals surface area contributed by atoms with Gasteiger partial charge in [0, 0.05) is 13.1 Å². The second-order valence-electron chi connectivity index (χ2n) is 5.35. The lowest BCUT2D eigenvalue weighted by Crippen LogP contribution is -2.46. The van der Waals surface area contributed by atoms with Crippen LogP contribution in [-0.4, -0.2) is 46.3 Å². The molecule has 2 N–H and O–H groups in total. The first-order valence-electron chi connectivity index (χ1n) is 6.64. The van der Waals surface area contributed by atoms with E-state index < -0.39 is 11.6 Å². The maximum absolute atomic E-state index is 10.8. The van der Waals surface area contributed by atoms with Crippen LogP contribution in [0.15, 0.2) is 0 Å². The summed E-state index contributed by atoms with van der Waals surface area (Å²) < 4.78 is 0. The van der Waals surface area contributed by atoms with Crippen molar-refractivity contribution >= 4 is 5.97 Å². The maximum atomic E-state index is 10.8. The fourth-order valence-electron chi connectivity index (χ4n) is 2.56. The van der Waals surface area contributed by atoms with E-state index in [9.17, 15) is 9.90 Å². The fourth-order valence-corrected chi connectivity index (χ4v) is 2.56. The van der Waals surface area contributed by atoms with Crippen LogP contribution >= 0.6 is 0 Å². The van der Waals surface area contributed by atoms with E-state index in [0.717, 1.165) is 32.2 Å². The second kappa shape index (κ2) is 6.36. The molecule has 17 heavy (non-hydrogen) atoms. The standard InChI is InChI=1S/C13H25NO3/c1-3-14(9-11(2)12(15)16)10-13(17)7-5-4-6-8-13/h11,17H,3-10H2,1-2H3,(H,15,16). The molecule has 1 saturated carbocycles. The van der Waals surface area contributed by atoms with E-state index in [1.54, 1.807) is 6.92 Å². The fraction of sp³-hybridized carbons (Fsp3) is 0.923. The van der Waals surface area contributed by atoms with Gasteiger partial charge in [0.25, 0.3) is 0 Å². The Morgan fingerprint density at radius 3 is 2.41 bits per heavy atom. The molecular weight excluding hydrogens is 218 g/mol. The van der Waals surface area contributed by atoms with Gasteiger partial charge in [0.1, 0.15) is 0 Å². The molecule has 0 aromatic rings. The molecule has 1 aliphatic carbocycles. The van der Waals surface area contributed by atoms with Gasteiger partial charge < -0.3 is 10.2 Å². The number of carboxylic acids is 1. The predicted octanol–water partition coefficient (Wildman–Crippen LogP) is 1.72. The molecule has 0 amide bonds. The zero-order chi connectivity index (χ0) is 12.9. The van der Waals surface area contributed by atoms with Gasteiger partial charge in [-0.15, -0.1) is 0 Å². The Morgan fingerprint density at radius 1 is 1.35 bits per heavy atom. The monoisotopic (exact) mass is 243 g/mol. The first-order chi connectivity index (χ1) is 7.97. The third-order valence-corrected chi connectivity index (χ3v) is 3.70. The molecule has 0 radical (unpaired) electrons. The van der Waals surface area contributed by atoms with Gasteiger partial charge in [0.15, 0.2) is 0 Å². The van der Waals surface area contributed by atoms with Crippen molar-refractivity contribution in [1.29, 1.82) is 0 Å².